The molecule has 1 amide bonds. The van der Waals surface area contributed by atoms with E-state index in [9.17, 15) is 13.2 Å². The Morgan fingerprint density at radius 1 is 0.968 bits per heavy atom. The highest BCUT2D eigenvalue weighted by Crippen LogP contribution is 2.25. The Bertz CT molecular complexity index is 1090. The van der Waals surface area contributed by atoms with Crippen molar-refractivity contribution in [3.63, 3.8) is 0 Å². The van der Waals surface area contributed by atoms with Crippen molar-refractivity contribution in [2.75, 3.05) is 24.4 Å². The van der Waals surface area contributed by atoms with Gasteiger partial charge in [-0.2, -0.15) is 0 Å². The van der Waals surface area contributed by atoms with Crippen LogP contribution in [0.25, 0.3) is 0 Å². The van der Waals surface area contributed by atoms with E-state index in [-0.39, 0.29) is 16.8 Å². The molecule has 2 aromatic carbocycles. The first kappa shape index (κ1) is 21.1. The van der Waals surface area contributed by atoms with Gasteiger partial charge >= 0.3 is 0 Å². The highest BCUT2D eigenvalue weighted by Gasteiger charge is 2.26. The first-order valence-electron chi connectivity index (χ1n) is 10.3. The molecule has 8 heteroatoms. The van der Waals surface area contributed by atoms with Crippen LogP contribution in [0.3, 0.4) is 0 Å². The van der Waals surface area contributed by atoms with E-state index < -0.39 is 10.0 Å². The Hall–Kier alpha value is -3.10. The zero-order valence-corrected chi connectivity index (χ0v) is 17.8. The minimum Gasteiger partial charge on any atom is -0.468 e. The molecule has 1 aromatic heterocycles. The number of carbonyl (C=O) groups is 1. The second-order valence-corrected chi connectivity index (χ2v) is 9.16. The van der Waals surface area contributed by atoms with Crippen LogP contribution < -0.4 is 10.0 Å². The number of hydrogen-bond acceptors (Lipinski definition) is 5. The van der Waals surface area contributed by atoms with Gasteiger partial charge in [0, 0.05) is 17.8 Å². The van der Waals surface area contributed by atoms with Crippen LogP contribution in [-0.4, -0.2) is 38.9 Å². The molecule has 1 atom stereocenters. The Morgan fingerprint density at radius 3 is 2.32 bits per heavy atom. The lowest BCUT2D eigenvalue weighted by molar-refractivity contribution is 0.0933. The lowest BCUT2D eigenvalue weighted by atomic mass is 10.1. The molecule has 162 valence electrons. The molecule has 4 rings (SSSR count). The fourth-order valence-corrected chi connectivity index (χ4v) is 4.80. The van der Waals surface area contributed by atoms with Gasteiger partial charge in [-0.1, -0.05) is 18.2 Å². The van der Waals surface area contributed by atoms with E-state index in [1.165, 1.54) is 24.3 Å². The Kier molecular flexibility index (Phi) is 6.39. The van der Waals surface area contributed by atoms with Crippen LogP contribution in [0.4, 0.5) is 5.69 Å². The maximum atomic E-state index is 12.7. The highest BCUT2D eigenvalue weighted by atomic mass is 32.2. The van der Waals surface area contributed by atoms with E-state index >= 15 is 0 Å². The van der Waals surface area contributed by atoms with Gasteiger partial charge in [0.15, 0.2) is 0 Å². The number of benzene rings is 2. The number of para-hydroxylation sites is 1. The average Bonchev–Trinajstić information content (AvgIpc) is 3.49. The quantitative estimate of drug-likeness (QED) is 0.559. The molecule has 1 fully saturated rings. The summed E-state index contributed by atoms with van der Waals surface area (Å²) in [6, 6.07) is 18.3. The molecule has 1 aliphatic heterocycles. The summed E-state index contributed by atoms with van der Waals surface area (Å²) in [5.74, 6) is 0.575. The zero-order chi connectivity index (χ0) is 21.7. The number of likely N-dealkylation sites (tertiary alicyclic amines) is 1. The standard InChI is InChI=1S/C23H25N3O4S/c27-23(24-17-21(22-9-6-16-30-22)26-14-4-5-15-26)18-10-12-20(13-11-18)31(28,29)25-19-7-2-1-3-8-19/h1-3,6-13,16,21,25H,4-5,14-15,17H2,(H,24,27). The molecule has 2 heterocycles. The molecule has 1 aliphatic rings. The Morgan fingerprint density at radius 2 is 1.68 bits per heavy atom. The predicted molar refractivity (Wildman–Crippen MR) is 118 cm³/mol. The van der Waals surface area contributed by atoms with E-state index in [1.54, 1.807) is 30.5 Å². The van der Waals surface area contributed by atoms with Crippen molar-refractivity contribution in [3.8, 4) is 0 Å². The average molecular weight is 440 g/mol. The Labute approximate surface area is 182 Å². The van der Waals surface area contributed by atoms with Gasteiger partial charge in [0.25, 0.3) is 15.9 Å². The van der Waals surface area contributed by atoms with E-state index in [4.69, 9.17) is 4.42 Å². The van der Waals surface area contributed by atoms with Crippen molar-refractivity contribution >= 4 is 21.6 Å². The number of carbonyl (C=O) groups excluding carboxylic acids is 1. The van der Waals surface area contributed by atoms with Crippen LogP contribution >= 0.6 is 0 Å². The molecule has 0 spiro atoms. The lowest BCUT2D eigenvalue weighted by Gasteiger charge is -2.26. The number of rotatable bonds is 8. The summed E-state index contributed by atoms with van der Waals surface area (Å²) in [4.78, 5) is 15.1. The SMILES string of the molecule is O=C(NCC(c1ccco1)N1CCCC1)c1ccc(S(=O)(=O)Nc2ccccc2)cc1. The van der Waals surface area contributed by atoms with E-state index in [2.05, 4.69) is 14.9 Å². The number of furan rings is 1. The molecule has 1 unspecified atom stereocenters. The molecule has 0 aliphatic carbocycles. The molecular formula is C23H25N3O4S. The van der Waals surface area contributed by atoms with Gasteiger partial charge in [0.2, 0.25) is 0 Å². The molecule has 3 aromatic rings. The summed E-state index contributed by atoms with van der Waals surface area (Å²) in [6.07, 6.45) is 3.92. The third-order valence-electron chi connectivity index (χ3n) is 5.36. The number of anilines is 1. The maximum Gasteiger partial charge on any atom is 0.261 e. The summed E-state index contributed by atoms with van der Waals surface area (Å²) < 4.78 is 33.2. The summed E-state index contributed by atoms with van der Waals surface area (Å²) in [6.45, 7) is 2.37. The van der Waals surface area contributed by atoms with Crippen LogP contribution in [0.15, 0.2) is 82.3 Å². The van der Waals surface area contributed by atoms with Crippen LogP contribution in [0.5, 0.6) is 0 Å². The maximum absolute atomic E-state index is 12.7. The van der Waals surface area contributed by atoms with Crippen molar-refractivity contribution in [1.82, 2.24) is 10.2 Å². The van der Waals surface area contributed by atoms with Gasteiger partial charge in [-0.05, 0) is 74.5 Å². The summed E-state index contributed by atoms with van der Waals surface area (Å²) >= 11 is 0. The number of nitrogens with one attached hydrogen (secondary N) is 2. The molecule has 0 saturated carbocycles. The smallest absolute Gasteiger partial charge is 0.261 e. The number of nitrogens with zero attached hydrogens (tertiary/aromatic N) is 1. The fraction of sp³-hybridized carbons (Fsp3) is 0.261. The van der Waals surface area contributed by atoms with Crippen molar-refractivity contribution < 1.29 is 17.6 Å². The summed E-state index contributed by atoms with van der Waals surface area (Å²) in [5.41, 5.74) is 0.883. The highest BCUT2D eigenvalue weighted by molar-refractivity contribution is 7.92. The molecule has 1 saturated heterocycles. The van der Waals surface area contributed by atoms with Crippen LogP contribution in [0, 0.1) is 0 Å². The second-order valence-electron chi connectivity index (χ2n) is 7.48. The largest absolute Gasteiger partial charge is 0.468 e. The van der Waals surface area contributed by atoms with Crippen molar-refractivity contribution in [2.24, 2.45) is 0 Å². The molecule has 0 bridgehead atoms. The molecule has 2 N–H and O–H groups in total. The van der Waals surface area contributed by atoms with Crippen molar-refractivity contribution in [3.05, 3.63) is 84.3 Å². The summed E-state index contributed by atoms with van der Waals surface area (Å²) in [5, 5.41) is 2.96. The van der Waals surface area contributed by atoms with Crippen LogP contribution in [0.2, 0.25) is 0 Å². The molecule has 31 heavy (non-hydrogen) atoms. The van der Waals surface area contributed by atoms with Gasteiger partial charge in [0.1, 0.15) is 5.76 Å². The zero-order valence-electron chi connectivity index (χ0n) is 17.0. The van der Waals surface area contributed by atoms with Gasteiger partial charge in [-0.25, -0.2) is 8.42 Å². The van der Waals surface area contributed by atoms with Gasteiger partial charge in [0.05, 0.1) is 17.2 Å². The van der Waals surface area contributed by atoms with E-state index in [0.717, 1.165) is 31.7 Å². The number of amides is 1. The van der Waals surface area contributed by atoms with E-state index in [0.29, 0.717) is 17.8 Å². The normalized spacial score (nSPS) is 15.5. The van der Waals surface area contributed by atoms with Gasteiger partial charge < -0.3 is 9.73 Å². The first-order valence-corrected chi connectivity index (χ1v) is 11.7. The summed E-state index contributed by atoms with van der Waals surface area (Å²) in [7, 11) is -3.72. The third kappa shape index (κ3) is 5.15. The van der Waals surface area contributed by atoms with Crippen molar-refractivity contribution in [1.29, 1.82) is 0 Å². The van der Waals surface area contributed by atoms with Gasteiger partial charge in [-0.3, -0.25) is 14.4 Å². The minimum atomic E-state index is -3.72. The van der Waals surface area contributed by atoms with Crippen LogP contribution in [-0.2, 0) is 10.0 Å². The third-order valence-corrected chi connectivity index (χ3v) is 6.76. The topological polar surface area (TPSA) is 91.7 Å². The number of hydrogen-bond donors (Lipinski definition) is 2. The molecular weight excluding hydrogens is 414 g/mol. The van der Waals surface area contributed by atoms with Crippen LogP contribution in [0.1, 0.15) is 35.0 Å². The predicted octanol–water partition coefficient (Wildman–Crippen LogP) is 3.65. The van der Waals surface area contributed by atoms with Crippen molar-refractivity contribution in [2.45, 2.75) is 23.8 Å². The second kappa shape index (κ2) is 9.36. The van der Waals surface area contributed by atoms with E-state index in [1.807, 2.05) is 18.2 Å². The fourth-order valence-electron chi connectivity index (χ4n) is 3.74. The van der Waals surface area contributed by atoms with Gasteiger partial charge in [-0.15, -0.1) is 0 Å². The minimum absolute atomic E-state index is 0.0174. The number of sulfonamides is 1. The molecule has 0 radical (unpaired) electrons. The first-order chi connectivity index (χ1) is 15.0. The Balaban J connectivity index is 1.41. The monoisotopic (exact) mass is 439 g/mol. The lowest BCUT2D eigenvalue weighted by Crippen LogP contribution is -2.36. The molecule has 7 nitrogen and oxygen atoms in total.